The van der Waals surface area contributed by atoms with Crippen molar-refractivity contribution in [1.29, 1.82) is 0 Å². The number of amides is 2. The fraction of sp³-hybridized carbons (Fsp3) is 0.361. The lowest BCUT2D eigenvalue weighted by molar-refractivity contribution is -0.487. The summed E-state index contributed by atoms with van der Waals surface area (Å²) in [5.74, 6) is 1.48. The number of nitrogens with zero attached hydrogens (tertiary/aromatic N) is 2. The normalized spacial score (nSPS) is 21.3. The van der Waals surface area contributed by atoms with Crippen molar-refractivity contribution in [2.75, 3.05) is 39.2 Å². The standard InChI is InChI=1S/C36H36F2N4O5/c1-42-18-22-13-21(14-23(22)19-42)20-46-33-17-29-27(16-32(33)45-2)30(9-12-39-29)47-31-8-7-26(15-28(31)38)41-35(44)36(10-11-36)34(43)40-25-5-3-24(37)4-6-25/h3-9,12,15-17,21-23H,10-11,13-14,18-20H2,1-2H3,(H,40,43)(H,41,44)/p+1. The molecule has 2 atom stereocenters. The average molecular weight is 644 g/mol. The molecule has 2 heterocycles. The Hall–Kier alpha value is -4.61. The molecule has 2 unspecified atom stereocenters. The number of nitrogens with two attached hydrogens (primary N) is 1. The van der Waals surface area contributed by atoms with Crippen molar-refractivity contribution in [3.63, 3.8) is 0 Å². The molecule has 9 nitrogen and oxygen atoms in total. The molecule has 0 bridgehead atoms. The van der Waals surface area contributed by atoms with Crippen LogP contribution in [0.3, 0.4) is 0 Å². The van der Waals surface area contributed by atoms with Crippen molar-refractivity contribution in [1.82, 2.24) is 9.88 Å². The fourth-order valence-electron chi connectivity index (χ4n) is 7.08. The summed E-state index contributed by atoms with van der Waals surface area (Å²) in [6, 6.07) is 14.8. The summed E-state index contributed by atoms with van der Waals surface area (Å²) in [5, 5.41) is 4.63. The zero-order valence-corrected chi connectivity index (χ0v) is 26.3. The van der Waals surface area contributed by atoms with Gasteiger partial charge in [0.1, 0.15) is 17.3 Å². The molecule has 1 aliphatic heterocycles. The number of rotatable bonds is 10. The van der Waals surface area contributed by atoms with Crippen molar-refractivity contribution in [3.8, 4) is 23.0 Å². The maximum Gasteiger partial charge on any atom is 0.331 e. The number of hydrogen-bond donors (Lipinski definition) is 2. The molecule has 47 heavy (non-hydrogen) atoms. The number of hydrogen-bond acceptors (Lipinski definition) is 7. The molecule has 3 fully saturated rings. The average Bonchev–Trinajstić information content (AvgIpc) is 3.69. The lowest BCUT2D eigenvalue weighted by Gasteiger charge is -2.18. The summed E-state index contributed by atoms with van der Waals surface area (Å²) < 4.78 is 46.4. The van der Waals surface area contributed by atoms with E-state index in [-0.39, 0.29) is 17.3 Å². The Bertz CT molecular complexity index is 1820. The van der Waals surface area contributed by atoms with E-state index in [2.05, 4.69) is 22.2 Å². The van der Waals surface area contributed by atoms with Crippen molar-refractivity contribution < 1.29 is 37.9 Å². The second-order valence-electron chi connectivity index (χ2n) is 13.1. The number of carbonyl (C=O) groups excluding carboxylic acids is 2. The van der Waals surface area contributed by atoms with E-state index in [0.29, 0.717) is 59.2 Å². The first-order valence-electron chi connectivity index (χ1n) is 15.9. The van der Waals surface area contributed by atoms with E-state index < -0.39 is 23.0 Å². The molecule has 0 spiro atoms. The first-order chi connectivity index (χ1) is 22.7. The highest BCUT2D eigenvalue weighted by atomic mass is 19.1. The molecular formula is C36H37F2N4O5+. The van der Waals surface area contributed by atoms with Gasteiger partial charge >= 0.3 is 5.91 Å². The van der Waals surface area contributed by atoms with Crippen LogP contribution in [0.15, 0.2) is 66.9 Å². The van der Waals surface area contributed by atoms with E-state index in [9.17, 15) is 14.0 Å². The number of methoxy groups -OCH3 is 1. The number of benzene rings is 3. The Kier molecular flexibility index (Phi) is 8.27. The second-order valence-corrected chi connectivity index (χ2v) is 13.1. The molecule has 2 saturated carbocycles. The van der Waals surface area contributed by atoms with Gasteiger partial charge in [-0.25, -0.2) is 13.6 Å². The molecule has 0 radical (unpaired) electrons. The molecule has 2 amide bonds. The number of nitrogens with one attached hydrogen (secondary N) is 1. The quantitative estimate of drug-likeness (QED) is 0.176. The van der Waals surface area contributed by atoms with Gasteiger partial charge in [0, 0.05) is 54.6 Å². The summed E-state index contributed by atoms with van der Waals surface area (Å²) in [7, 11) is 3.76. The van der Waals surface area contributed by atoms with Gasteiger partial charge < -0.3 is 24.4 Å². The first-order valence-corrected chi connectivity index (χ1v) is 15.9. The predicted molar refractivity (Wildman–Crippen MR) is 171 cm³/mol. The van der Waals surface area contributed by atoms with Gasteiger partial charge in [-0.05, 0) is 86.9 Å². The molecule has 7 rings (SSSR count). The fourth-order valence-corrected chi connectivity index (χ4v) is 7.08. The smallest absolute Gasteiger partial charge is 0.331 e. The monoisotopic (exact) mass is 643 g/mol. The van der Waals surface area contributed by atoms with Crippen molar-refractivity contribution in [3.05, 3.63) is 78.5 Å². The van der Waals surface area contributed by atoms with Gasteiger partial charge in [0.2, 0.25) is 5.91 Å². The second kappa shape index (κ2) is 12.5. The van der Waals surface area contributed by atoms with E-state index in [1.165, 1.54) is 54.6 Å². The Morgan fingerprint density at radius 3 is 2.38 bits per heavy atom. The van der Waals surface area contributed by atoms with Gasteiger partial charge in [-0.15, -0.1) is 0 Å². The van der Waals surface area contributed by atoms with Gasteiger partial charge in [-0.2, -0.15) is 0 Å². The van der Waals surface area contributed by atoms with Crippen LogP contribution in [0.4, 0.5) is 20.2 Å². The minimum absolute atomic E-state index is 0.0472. The molecule has 3 N–H and O–H groups in total. The van der Waals surface area contributed by atoms with Gasteiger partial charge in [0.05, 0.1) is 19.2 Å². The van der Waals surface area contributed by atoms with Crippen LogP contribution >= 0.6 is 0 Å². The number of likely N-dealkylation sites (tertiary alicyclic amines) is 1. The lowest BCUT2D eigenvalue weighted by Crippen LogP contribution is -2.85. The third-order valence-corrected chi connectivity index (χ3v) is 9.73. The highest BCUT2D eigenvalue weighted by Crippen LogP contribution is 2.46. The van der Waals surface area contributed by atoms with Crippen LogP contribution in [0.1, 0.15) is 25.7 Å². The summed E-state index contributed by atoms with van der Waals surface area (Å²) in [6.07, 6.45) is 4.69. The van der Waals surface area contributed by atoms with Crippen molar-refractivity contribution >= 4 is 34.1 Å². The van der Waals surface area contributed by atoms with E-state index in [4.69, 9.17) is 14.2 Å². The molecule has 2 aliphatic carbocycles. The van der Waals surface area contributed by atoms with Crippen LogP contribution in [0.25, 0.3) is 10.9 Å². The topological polar surface area (TPSA) is 107 Å². The number of fused-ring (bicyclic) bond motifs is 2. The summed E-state index contributed by atoms with van der Waals surface area (Å²) in [5.41, 5.74) is 0.100. The van der Waals surface area contributed by atoms with Gasteiger partial charge in [0.15, 0.2) is 28.5 Å². The zero-order valence-electron chi connectivity index (χ0n) is 26.3. The summed E-state index contributed by atoms with van der Waals surface area (Å²) in [6.45, 7) is 2.93. The number of ether oxygens (including phenoxy) is 3. The van der Waals surface area contributed by atoms with E-state index in [1.54, 1.807) is 25.4 Å². The Balaban J connectivity index is 1.01. The Labute approximate surface area is 271 Å². The Morgan fingerprint density at radius 1 is 0.957 bits per heavy atom. The molecule has 11 heteroatoms. The van der Waals surface area contributed by atoms with Crippen LogP contribution in [0, 0.1) is 34.8 Å². The SMILES string of the molecule is COc1cc2c(Oc3ccc(NC(=O)C4(C(=O)[NH2+]c5ccc(F)cc5)CC4)cc3F)ccnc2cc1OCC1CC2CN(C)CC2C1. The molecule has 3 aliphatic rings. The third kappa shape index (κ3) is 6.37. The minimum atomic E-state index is -1.22. The number of pyridine rings is 1. The third-order valence-electron chi connectivity index (χ3n) is 9.73. The molecule has 4 aromatic rings. The van der Waals surface area contributed by atoms with Crippen LogP contribution in [0.2, 0.25) is 0 Å². The van der Waals surface area contributed by atoms with Crippen molar-refractivity contribution in [2.24, 2.45) is 23.2 Å². The first kappa shape index (κ1) is 31.0. The molecular weight excluding hydrogens is 606 g/mol. The summed E-state index contributed by atoms with van der Waals surface area (Å²) in [4.78, 5) is 32.9. The van der Waals surface area contributed by atoms with E-state index >= 15 is 4.39 Å². The zero-order chi connectivity index (χ0) is 32.7. The number of carbonyl (C=O) groups is 2. The molecule has 1 aromatic heterocycles. The van der Waals surface area contributed by atoms with E-state index in [1.807, 2.05) is 6.07 Å². The van der Waals surface area contributed by atoms with E-state index in [0.717, 1.165) is 31.0 Å². The number of halogens is 2. The molecule has 244 valence electrons. The van der Waals surface area contributed by atoms with Crippen LogP contribution in [0.5, 0.6) is 23.0 Å². The van der Waals surface area contributed by atoms with Crippen LogP contribution in [-0.4, -0.2) is 55.6 Å². The number of primary amides is 1. The highest BCUT2D eigenvalue weighted by molar-refractivity contribution is 6.10. The number of quaternary nitrogens is 1. The molecule has 3 aromatic carbocycles. The maximum atomic E-state index is 15.3. The number of anilines is 1. The van der Waals surface area contributed by atoms with Crippen molar-refractivity contribution in [2.45, 2.75) is 25.7 Å². The maximum absolute atomic E-state index is 15.3. The van der Waals surface area contributed by atoms with Gasteiger partial charge in [-0.3, -0.25) is 15.1 Å². The van der Waals surface area contributed by atoms with Crippen LogP contribution in [-0.2, 0) is 9.59 Å². The Morgan fingerprint density at radius 2 is 1.70 bits per heavy atom. The number of aromatic nitrogens is 1. The van der Waals surface area contributed by atoms with Crippen LogP contribution < -0.4 is 24.8 Å². The largest absolute Gasteiger partial charge is 0.493 e. The van der Waals surface area contributed by atoms with Gasteiger partial charge in [0.25, 0.3) is 0 Å². The summed E-state index contributed by atoms with van der Waals surface area (Å²) >= 11 is 0. The minimum Gasteiger partial charge on any atom is -0.493 e. The molecule has 1 saturated heterocycles. The predicted octanol–water partition coefficient (Wildman–Crippen LogP) is 5.42. The highest BCUT2D eigenvalue weighted by Gasteiger charge is 2.59. The lowest BCUT2D eigenvalue weighted by atomic mass is 10.0. The van der Waals surface area contributed by atoms with Gasteiger partial charge in [-0.1, -0.05) is 0 Å².